The molecule has 10 heteroatoms. The molecule has 4 heterocycles. The van der Waals surface area contributed by atoms with Crippen molar-refractivity contribution in [3.8, 4) is 12.1 Å². The average Bonchev–Trinajstić information content (AvgIpc) is 3.69. The quantitative estimate of drug-likeness (QED) is 0.339. The maximum Gasteiger partial charge on any atom is 0.410 e. The summed E-state index contributed by atoms with van der Waals surface area (Å²) in [5.74, 6) is 1.54. The lowest BCUT2D eigenvalue weighted by atomic mass is 10.0. The highest BCUT2D eigenvalue weighted by molar-refractivity contribution is 5.69. The van der Waals surface area contributed by atoms with Gasteiger partial charge in [0, 0.05) is 43.5 Å². The number of fused-ring (bicyclic) bond motifs is 2. The second-order valence-electron chi connectivity index (χ2n) is 13.6. The molecule has 2 aromatic carbocycles. The van der Waals surface area contributed by atoms with Gasteiger partial charge < -0.3 is 29.1 Å². The summed E-state index contributed by atoms with van der Waals surface area (Å²) in [6.45, 7) is 7.29. The van der Waals surface area contributed by atoms with Gasteiger partial charge >= 0.3 is 12.1 Å². The number of aromatic nitrogens is 2. The van der Waals surface area contributed by atoms with Crippen molar-refractivity contribution in [3.63, 3.8) is 0 Å². The van der Waals surface area contributed by atoms with Crippen LogP contribution >= 0.6 is 0 Å². The fourth-order valence-electron chi connectivity index (χ4n) is 7.79. The number of piperazine rings is 1. The first-order chi connectivity index (χ1) is 23.0. The molecule has 0 radical (unpaired) electrons. The van der Waals surface area contributed by atoms with Gasteiger partial charge in [-0.2, -0.15) is 15.2 Å². The molecule has 3 aromatic rings. The highest BCUT2D eigenvalue weighted by atomic mass is 16.6. The summed E-state index contributed by atoms with van der Waals surface area (Å²) < 4.78 is 12.0. The summed E-state index contributed by atoms with van der Waals surface area (Å²) in [5.41, 5.74) is 7.35. The number of hydrogen-bond acceptors (Lipinski definition) is 9. The highest BCUT2D eigenvalue weighted by Crippen LogP contribution is 2.38. The number of anilines is 2. The van der Waals surface area contributed by atoms with Gasteiger partial charge in [-0.25, -0.2) is 4.79 Å². The summed E-state index contributed by atoms with van der Waals surface area (Å²) >= 11 is 0. The number of ether oxygens (including phenoxy) is 2. The Balaban J connectivity index is 1.13. The molecular formula is C37H45N7O3. The minimum atomic E-state index is -0.386. The smallest absolute Gasteiger partial charge is 0.410 e. The van der Waals surface area contributed by atoms with Crippen molar-refractivity contribution < 1.29 is 14.3 Å². The molecule has 0 saturated carbocycles. The Morgan fingerprint density at radius 2 is 1.85 bits per heavy atom. The van der Waals surface area contributed by atoms with Crippen LogP contribution in [0.15, 0.2) is 48.5 Å². The molecule has 2 saturated heterocycles. The van der Waals surface area contributed by atoms with Gasteiger partial charge in [0.1, 0.15) is 19.0 Å². The third-order valence-electron chi connectivity index (χ3n) is 10.4. The number of benzene rings is 2. The molecule has 3 aliphatic heterocycles. The van der Waals surface area contributed by atoms with E-state index in [2.05, 4.69) is 52.9 Å². The molecule has 246 valence electrons. The molecule has 1 amide bonds. The van der Waals surface area contributed by atoms with E-state index in [4.69, 9.17) is 19.4 Å². The third kappa shape index (κ3) is 6.72. The Kier molecular flexibility index (Phi) is 9.16. The van der Waals surface area contributed by atoms with Gasteiger partial charge in [0.15, 0.2) is 0 Å². The SMILES string of the molecule is CC1Cc2cccc(N3CCc4c(nc(OC[C@@H]5CCCN5C)nc4N4CCN(C(=O)OCc5ccccc5)[C@@H](CC#N)C4)C3)c2C1. The monoisotopic (exact) mass is 635 g/mol. The number of likely N-dealkylation sites (N-methyl/N-ethyl adjacent to an activating group) is 1. The fourth-order valence-corrected chi connectivity index (χ4v) is 7.79. The van der Waals surface area contributed by atoms with E-state index in [0.717, 1.165) is 61.4 Å². The van der Waals surface area contributed by atoms with Gasteiger partial charge in [0.25, 0.3) is 0 Å². The molecule has 1 aliphatic carbocycles. The summed E-state index contributed by atoms with van der Waals surface area (Å²) in [7, 11) is 2.15. The Morgan fingerprint density at radius 1 is 0.979 bits per heavy atom. The number of hydrogen-bond donors (Lipinski definition) is 0. The number of carbonyl (C=O) groups is 1. The Labute approximate surface area is 277 Å². The molecule has 0 bridgehead atoms. The highest BCUT2D eigenvalue weighted by Gasteiger charge is 2.35. The molecule has 47 heavy (non-hydrogen) atoms. The van der Waals surface area contributed by atoms with Crippen molar-refractivity contribution in [1.82, 2.24) is 19.8 Å². The van der Waals surface area contributed by atoms with Gasteiger partial charge in [-0.15, -0.1) is 0 Å². The van der Waals surface area contributed by atoms with Crippen LogP contribution in [0, 0.1) is 17.2 Å². The first-order valence-corrected chi connectivity index (χ1v) is 17.1. The Bertz CT molecular complexity index is 1630. The largest absolute Gasteiger partial charge is 0.462 e. The predicted octanol–water partition coefficient (Wildman–Crippen LogP) is 4.99. The molecule has 1 unspecified atom stereocenters. The average molecular weight is 636 g/mol. The lowest BCUT2D eigenvalue weighted by Crippen LogP contribution is -2.55. The van der Waals surface area contributed by atoms with E-state index in [-0.39, 0.29) is 25.2 Å². The molecule has 0 N–H and O–H groups in total. The number of nitrogens with zero attached hydrogens (tertiary/aromatic N) is 7. The number of rotatable bonds is 8. The topological polar surface area (TPSA) is 98.1 Å². The van der Waals surface area contributed by atoms with Crippen LogP contribution < -0.4 is 14.5 Å². The van der Waals surface area contributed by atoms with Crippen LogP contribution in [-0.2, 0) is 37.2 Å². The zero-order valence-electron chi connectivity index (χ0n) is 27.6. The lowest BCUT2D eigenvalue weighted by Gasteiger charge is -2.42. The minimum absolute atomic E-state index is 0.204. The lowest BCUT2D eigenvalue weighted by molar-refractivity contribution is 0.0767. The van der Waals surface area contributed by atoms with E-state index >= 15 is 0 Å². The molecule has 2 fully saturated rings. The molecule has 4 aliphatic rings. The predicted molar refractivity (Wildman–Crippen MR) is 181 cm³/mol. The van der Waals surface area contributed by atoms with E-state index in [0.29, 0.717) is 50.8 Å². The normalized spacial score (nSPS) is 22.5. The van der Waals surface area contributed by atoms with Gasteiger partial charge in [0.2, 0.25) is 0 Å². The maximum absolute atomic E-state index is 13.2. The number of nitriles is 1. The standard InChI is InChI=1S/C37H45N7O3/c1-26-20-28-10-6-12-34(32(28)21-26)42-17-14-31-33(23-42)39-36(46-25-30-11-7-16-41(30)2)40-35(31)43-18-19-44(29(22-43)13-15-38)37(45)47-24-27-8-4-3-5-9-27/h3-6,8-10,12,26,29-30H,7,11,13-14,16-25H2,1-2H3/t26?,29-,30-/m0/s1. The van der Waals surface area contributed by atoms with Crippen molar-refractivity contribution in [3.05, 3.63) is 76.5 Å². The zero-order valence-corrected chi connectivity index (χ0v) is 27.6. The van der Waals surface area contributed by atoms with Crippen LogP contribution in [0.3, 0.4) is 0 Å². The number of amides is 1. The summed E-state index contributed by atoms with van der Waals surface area (Å²) in [4.78, 5) is 32.1. The van der Waals surface area contributed by atoms with Crippen molar-refractivity contribution in [2.75, 3.05) is 56.2 Å². The number of likely N-dealkylation sites (tertiary alicyclic amines) is 1. The van der Waals surface area contributed by atoms with Crippen molar-refractivity contribution in [2.24, 2.45) is 5.92 Å². The summed E-state index contributed by atoms with van der Waals surface area (Å²) in [5, 5.41) is 9.73. The molecular weight excluding hydrogens is 590 g/mol. The molecule has 1 aromatic heterocycles. The first-order valence-electron chi connectivity index (χ1n) is 17.1. The maximum atomic E-state index is 13.2. The van der Waals surface area contributed by atoms with Crippen molar-refractivity contribution in [1.29, 1.82) is 5.26 Å². The second-order valence-corrected chi connectivity index (χ2v) is 13.6. The van der Waals surface area contributed by atoms with Gasteiger partial charge in [0.05, 0.1) is 30.8 Å². The van der Waals surface area contributed by atoms with Crippen molar-refractivity contribution >= 4 is 17.6 Å². The summed E-state index contributed by atoms with van der Waals surface area (Å²) in [6, 6.07) is 19.2. The summed E-state index contributed by atoms with van der Waals surface area (Å²) in [6.07, 6.45) is 5.19. The van der Waals surface area contributed by atoms with Crippen LogP contribution in [0.2, 0.25) is 0 Å². The molecule has 10 nitrogen and oxygen atoms in total. The van der Waals surface area contributed by atoms with Gasteiger partial charge in [-0.3, -0.25) is 0 Å². The molecule has 7 rings (SSSR count). The van der Waals surface area contributed by atoms with Crippen LogP contribution in [0.25, 0.3) is 0 Å². The fraction of sp³-hybridized carbons (Fsp3) is 0.514. The van der Waals surface area contributed by atoms with Crippen LogP contribution in [-0.4, -0.2) is 84.3 Å². The second kappa shape index (κ2) is 13.8. The van der Waals surface area contributed by atoms with Crippen molar-refractivity contribution in [2.45, 2.75) is 70.7 Å². The van der Waals surface area contributed by atoms with Crippen LogP contribution in [0.4, 0.5) is 16.3 Å². The van der Waals surface area contributed by atoms with E-state index in [1.165, 1.54) is 23.2 Å². The first kappa shape index (κ1) is 31.3. The van der Waals surface area contributed by atoms with Gasteiger partial charge in [-0.1, -0.05) is 49.4 Å². The zero-order chi connectivity index (χ0) is 32.3. The minimum Gasteiger partial charge on any atom is -0.462 e. The van der Waals surface area contributed by atoms with E-state index in [9.17, 15) is 10.1 Å². The van der Waals surface area contributed by atoms with E-state index < -0.39 is 0 Å². The molecule has 3 atom stereocenters. The van der Waals surface area contributed by atoms with E-state index in [1.54, 1.807) is 4.90 Å². The Hall–Kier alpha value is -4.36. The van der Waals surface area contributed by atoms with Crippen LogP contribution in [0.1, 0.15) is 54.1 Å². The Morgan fingerprint density at radius 3 is 2.66 bits per heavy atom. The van der Waals surface area contributed by atoms with Gasteiger partial charge in [-0.05, 0) is 74.4 Å². The molecule has 0 spiro atoms. The third-order valence-corrected chi connectivity index (χ3v) is 10.4. The number of carbonyl (C=O) groups excluding carboxylic acids is 1. The van der Waals surface area contributed by atoms with E-state index in [1.807, 2.05) is 30.3 Å². The van der Waals surface area contributed by atoms with Crippen LogP contribution in [0.5, 0.6) is 6.01 Å².